The van der Waals surface area contributed by atoms with E-state index in [4.69, 9.17) is 4.74 Å². The van der Waals surface area contributed by atoms with E-state index >= 15 is 0 Å². The molecule has 1 atom stereocenters. The molecule has 1 N–H and O–H groups in total. The predicted octanol–water partition coefficient (Wildman–Crippen LogP) is 4.13. The summed E-state index contributed by atoms with van der Waals surface area (Å²) in [5.41, 5.74) is 3.99. The fourth-order valence-corrected chi connectivity index (χ4v) is 4.80. The molecule has 6 nitrogen and oxygen atoms in total. The number of esters is 1. The molecule has 0 spiro atoms. The first kappa shape index (κ1) is 22.5. The molecule has 6 heteroatoms. The zero-order valence-electron chi connectivity index (χ0n) is 19.2. The Morgan fingerprint density at radius 3 is 2.39 bits per heavy atom. The summed E-state index contributed by atoms with van der Waals surface area (Å²) >= 11 is 0. The van der Waals surface area contributed by atoms with Gasteiger partial charge in [-0.15, -0.1) is 0 Å². The van der Waals surface area contributed by atoms with E-state index in [0.29, 0.717) is 30.7 Å². The number of ether oxygens (including phenoxy) is 1. The van der Waals surface area contributed by atoms with Crippen molar-refractivity contribution < 1.29 is 19.1 Å². The zero-order valence-corrected chi connectivity index (χ0v) is 19.2. The van der Waals surface area contributed by atoms with Crippen LogP contribution in [0.5, 0.6) is 0 Å². The maximum atomic E-state index is 12.7. The number of Topliss-reactive ketones (excluding diaryl/α,β-unsaturated/α-hetero) is 1. The highest BCUT2D eigenvalue weighted by Crippen LogP contribution is 2.52. The average molecular weight is 445 g/mol. The maximum absolute atomic E-state index is 12.7. The maximum Gasteiger partial charge on any atom is 0.335 e. The van der Waals surface area contributed by atoms with Gasteiger partial charge in [-0.2, -0.15) is 0 Å². The standard InChI is InChI=1S/C27H28N2O4/c1-18(30)21-15-22(26(32)33-3)25-27(16-21,23-11-7-8-12-24(23)28-25)13-14-29(19(2)31)17-20-9-5-4-6-10-20/h4-12,16,28H,13-15,17H2,1-3H3/t27-/m0/s1. The lowest BCUT2D eigenvalue weighted by molar-refractivity contribution is -0.136. The van der Waals surface area contributed by atoms with E-state index in [1.807, 2.05) is 60.7 Å². The number of amides is 1. The second-order valence-electron chi connectivity index (χ2n) is 8.57. The minimum absolute atomic E-state index is 0.0280. The molecule has 1 aliphatic heterocycles. The first-order valence-electron chi connectivity index (χ1n) is 11.1. The van der Waals surface area contributed by atoms with E-state index in [-0.39, 0.29) is 18.1 Å². The summed E-state index contributed by atoms with van der Waals surface area (Å²) in [6.07, 6.45) is 2.73. The fraction of sp³-hybridized carbons (Fsp3) is 0.296. The minimum atomic E-state index is -0.718. The Balaban J connectivity index is 1.77. The van der Waals surface area contributed by atoms with Gasteiger partial charge in [-0.1, -0.05) is 54.6 Å². The third-order valence-corrected chi connectivity index (χ3v) is 6.52. The fourth-order valence-electron chi connectivity index (χ4n) is 4.80. The molecule has 1 amide bonds. The predicted molar refractivity (Wildman–Crippen MR) is 126 cm³/mol. The van der Waals surface area contributed by atoms with Gasteiger partial charge >= 0.3 is 5.97 Å². The number of carbonyl (C=O) groups is 3. The number of benzene rings is 2. The topological polar surface area (TPSA) is 75.7 Å². The summed E-state index contributed by atoms with van der Waals surface area (Å²) in [5, 5.41) is 3.42. The second-order valence-corrected chi connectivity index (χ2v) is 8.57. The molecular weight excluding hydrogens is 416 g/mol. The lowest BCUT2D eigenvalue weighted by Gasteiger charge is -2.35. The van der Waals surface area contributed by atoms with Crippen LogP contribution >= 0.6 is 0 Å². The van der Waals surface area contributed by atoms with Crippen LogP contribution in [0.15, 0.2) is 77.5 Å². The molecule has 33 heavy (non-hydrogen) atoms. The number of nitrogens with one attached hydrogen (secondary N) is 1. The molecule has 0 bridgehead atoms. The molecule has 2 aromatic rings. The monoisotopic (exact) mass is 444 g/mol. The Kier molecular flexibility index (Phi) is 6.18. The van der Waals surface area contributed by atoms with Gasteiger partial charge in [0, 0.05) is 37.8 Å². The molecule has 0 fully saturated rings. The number of hydrogen-bond donors (Lipinski definition) is 1. The van der Waals surface area contributed by atoms with Crippen LogP contribution < -0.4 is 5.32 Å². The highest BCUT2D eigenvalue weighted by atomic mass is 16.5. The number of anilines is 1. The van der Waals surface area contributed by atoms with Crippen molar-refractivity contribution in [2.45, 2.75) is 38.6 Å². The van der Waals surface area contributed by atoms with Crippen molar-refractivity contribution in [2.75, 3.05) is 19.0 Å². The van der Waals surface area contributed by atoms with Gasteiger partial charge in [-0.05, 0) is 36.1 Å². The Hall–Kier alpha value is -3.67. The van der Waals surface area contributed by atoms with Crippen molar-refractivity contribution in [3.05, 3.63) is 88.6 Å². The number of nitrogens with zero attached hydrogens (tertiary/aromatic N) is 1. The smallest absolute Gasteiger partial charge is 0.335 e. The average Bonchev–Trinajstić information content (AvgIpc) is 3.15. The van der Waals surface area contributed by atoms with Crippen molar-refractivity contribution >= 4 is 23.3 Å². The van der Waals surface area contributed by atoms with Crippen molar-refractivity contribution in [1.29, 1.82) is 0 Å². The van der Waals surface area contributed by atoms with Crippen molar-refractivity contribution in [3.8, 4) is 0 Å². The van der Waals surface area contributed by atoms with Gasteiger partial charge in [0.1, 0.15) is 0 Å². The molecule has 0 saturated heterocycles. The molecule has 0 saturated carbocycles. The van der Waals surface area contributed by atoms with Crippen molar-refractivity contribution in [1.82, 2.24) is 4.90 Å². The molecule has 0 radical (unpaired) electrons. The van der Waals surface area contributed by atoms with Gasteiger partial charge in [0.25, 0.3) is 0 Å². The lowest BCUT2D eigenvalue weighted by atomic mass is 9.70. The molecule has 2 aromatic carbocycles. The molecule has 4 rings (SSSR count). The van der Waals surface area contributed by atoms with Crippen LogP contribution in [0.1, 0.15) is 37.8 Å². The largest absolute Gasteiger partial charge is 0.466 e. The Bertz CT molecular complexity index is 1170. The molecule has 2 aliphatic rings. The van der Waals surface area contributed by atoms with Crippen LogP contribution in [0.4, 0.5) is 5.69 Å². The number of rotatable bonds is 7. The molecule has 0 aromatic heterocycles. The molecular formula is C27H28N2O4. The van der Waals surface area contributed by atoms with E-state index in [1.165, 1.54) is 14.0 Å². The summed E-state index contributed by atoms with van der Waals surface area (Å²) in [6, 6.07) is 17.7. The molecule has 1 heterocycles. The SMILES string of the molecule is COC(=O)C1=C2Nc3ccccc3[C@]2(CCN(Cc2ccccc2)C(C)=O)C=C(C(C)=O)C1. The van der Waals surface area contributed by atoms with Crippen LogP contribution in [-0.2, 0) is 31.1 Å². The van der Waals surface area contributed by atoms with Crippen LogP contribution in [0.3, 0.4) is 0 Å². The molecule has 1 aliphatic carbocycles. The normalized spacial score (nSPS) is 18.6. The quantitative estimate of drug-likeness (QED) is 0.650. The highest BCUT2D eigenvalue weighted by Gasteiger charge is 2.47. The zero-order chi connectivity index (χ0) is 23.6. The minimum Gasteiger partial charge on any atom is -0.466 e. The van der Waals surface area contributed by atoms with Crippen molar-refractivity contribution in [3.63, 3.8) is 0 Å². The lowest BCUT2D eigenvalue weighted by Crippen LogP contribution is -2.38. The summed E-state index contributed by atoms with van der Waals surface area (Å²) in [4.78, 5) is 39.5. The molecule has 0 unspecified atom stereocenters. The van der Waals surface area contributed by atoms with Gasteiger partial charge < -0.3 is 15.0 Å². The Labute approximate surface area is 193 Å². The summed E-state index contributed by atoms with van der Waals surface area (Å²) < 4.78 is 5.07. The number of carbonyl (C=O) groups excluding carboxylic acids is 3. The van der Waals surface area contributed by atoms with Gasteiger partial charge in [0.15, 0.2) is 5.78 Å². The summed E-state index contributed by atoms with van der Waals surface area (Å²) in [5.74, 6) is -0.555. The van der Waals surface area contributed by atoms with E-state index < -0.39 is 11.4 Å². The van der Waals surface area contributed by atoms with Gasteiger partial charge in [0.05, 0.1) is 18.1 Å². The van der Waals surface area contributed by atoms with Crippen LogP contribution in [0.2, 0.25) is 0 Å². The highest BCUT2D eigenvalue weighted by molar-refractivity contribution is 6.01. The van der Waals surface area contributed by atoms with Crippen LogP contribution in [-0.4, -0.2) is 36.2 Å². The Morgan fingerprint density at radius 1 is 1.03 bits per heavy atom. The Morgan fingerprint density at radius 2 is 1.73 bits per heavy atom. The van der Waals surface area contributed by atoms with Gasteiger partial charge in [0.2, 0.25) is 5.91 Å². The van der Waals surface area contributed by atoms with E-state index in [1.54, 1.807) is 11.8 Å². The third kappa shape index (κ3) is 4.21. The third-order valence-electron chi connectivity index (χ3n) is 6.52. The summed E-state index contributed by atoms with van der Waals surface area (Å²) in [7, 11) is 1.35. The summed E-state index contributed by atoms with van der Waals surface area (Å²) in [6.45, 7) is 4.04. The first-order valence-corrected chi connectivity index (χ1v) is 11.1. The molecule has 170 valence electrons. The number of para-hydroxylation sites is 1. The number of ketones is 1. The number of methoxy groups -OCH3 is 1. The van der Waals surface area contributed by atoms with Gasteiger partial charge in [-0.25, -0.2) is 4.79 Å². The van der Waals surface area contributed by atoms with Gasteiger partial charge in [-0.3, -0.25) is 9.59 Å². The number of hydrogen-bond acceptors (Lipinski definition) is 5. The number of allylic oxidation sites excluding steroid dienone is 2. The van der Waals surface area contributed by atoms with Crippen LogP contribution in [0, 0.1) is 0 Å². The second kappa shape index (κ2) is 9.06. The first-order chi connectivity index (χ1) is 15.9. The number of fused-ring (bicyclic) bond motifs is 3. The van der Waals surface area contributed by atoms with Crippen molar-refractivity contribution in [2.24, 2.45) is 0 Å². The van der Waals surface area contributed by atoms with E-state index in [9.17, 15) is 14.4 Å². The van der Waals surface area contributed by atoms with E-state index in [0.717, 1.165) is 22.5 Å². The van der Waals surface area contributed by atoms with Crippen LogP contribution in [0.25, 0.3) is 0 Å². The van der Waals surface area contributed by atoms with E-state index in [2.05, 4.69) is 5.32 Å².